The summed E-state index contributed by atoms with van der Waals surface area (Å²) in [5, 5.41) is 10.1. The Kier molecular flexibility index (Phi) is 7.52. The van der Waals surface area contributed by atoms with E-state index in [-0.39, 0.29) is 18.4 Å². The normalized spacial score (nSPS) is 10.9. The van der Waals surface area contributed by atoms with Crippen molar-refractivity contribution in [2.45, 2.75) is 13.3 Å². The second-order valence-corrected chi connectivity index (χ2v) is 9.35. The standard InChI is InChI=1S/C31H27ClN4O2/c1-2-19-35(31(38)25-16-10-14-22-11-6-7-15-24(22)25)21-30(37)33-29-20-27(23-12-4-3-5-13-23)34-36(29)28-18-9-8-17-26(28)32/h3-18,20H,2,19,21H2,1H3,(H,33,37). The maximum atomic E-state index is 13.6. The molecule has 0 bridgehead atoms. The number of hydrogen-bond acceptors (Lipinski definition) is 3. The van der Waals surface area contributed by atoms with Crippen LogP contribution in [0, 0.1) is 0 Å². The second kappa shape index (κ2) is 11.3. The summed E-state index contributed by atoms with van der Waals surface area (Å²) < 4.78 is 1.62. The van der Waals surface area contributed by atoms with Crippen LogP contribution in [0.25, 0.3) is 27.7 Å². The van der Waals surface area contributed by atoms with Crippen molar-refractivity contribution in [3.05, 3.63) is 114 Å². The fourth-order valence-electron chi connectivity index (χ4n) is 4.49. The van der Waals surface area contributed by atoms with Crippen molar-refractivity contribution in [1.29, 1.82) is 0 Å². The molecule has 1 N–H and O–H groups in total. The van der Waals surface area contributed by atoms with Crippen molar-refractivity contribution < 1.29 is 9.59 Å². The number of para-hydroxylation sites is 1. The van der Waals surface area contributed by atoms with E-state index in [1.165, 1.54) is 0 Å². The first-order valence-corrected chi connectivity index (χ1v) is 12.9. The second-order valence-electron chi connectivity index (χ2n) is 8.95. The van der Waals surface area contributed by atoms with E-state index in [2.05, 4.69) is 5.32 Å². The van der Waals surface area contributed by atoms with Gasteiger partial charge in [-0.1, -0.05) is 97.4 Å². The molecule has 190 valence electrons. The minimum Gasteiger partial charge on any atom is -0.329 e. The van der Waals surface area contributed by atoms with Crippen LogP contribution in [0.3, 0.4) is 0 Å². The molecule has 0 unspecified atom stereocenters. The van der Waals surface area contributed by atoms with Crippen molar-refractivity contribution in [2.24, 2.45) is 0 Å². The Morgan fingerprint density at radius 3 is 2.39 bits per heavy atom. The van der Waals surface area contributed by atoms with E-state index in [9.17, 15) is 9.59 Å². The largest absolute Gasteiger partial charge is 0.329 e. The number of hydrogen-bond donors (Lipinski definition) is 1. The van der Waals surface area contributed by atoms with E-state index in [0.717, 1.165) is 22.8 Å². The molecule has 0 aliphatic rings. The maximum Gasteiger partial charge on any atom is 0.254 e. The van der Waals surface area contributed by atoms with Gasteiger partial charge in [-0.05, 0) is 35.4 Å². The lowest BCUT2D eigenvalue weighted by Crippen LogP contribution is -2.38. The first-order chi connectivity index (χ1) is 18.5. The minimum atomic E-state index is -0.320. The number of amides is 2. The lowest BCUT2D eigenvalue weighted by molar-refractivity contribution is -0.116. The Bertz CT molecular complexity index is 1590. The van der Waals surface area contributed by atoms with Gasteiger partial charge in [0.05, 0.1) is 16.4 Å². The number of halogens is 1. The third-order valence-electron chi connectivity index (χ3n) is 6.26. The Morgan fingerprint density at radius 2 is 1.61 bits per heavy atom. The quantitative estimate of drug-likeness (QED) is 0.243. The summed E-state index contributed by atoms with van der Waals surface area (Å²) >= 11 is 6.48. The number of nitrogens with zero attached hydrogens (tertiary/aromatic N) is 3. The molecule has 0 aliphatic carbocycles. The predicted molar refractivity (Wildman–Crippen MR) is 153 cm³/mol. The Morgan fingerprint density at radius 1 is 0.895 bits per heavy atom. The molecule has 0 aliphatic heterocycles. The molecule has 0 spiro atoms. The highest BCUT2D eigenvalue weighted by Gasteiger charge is 2.22. The van der Waals surface area contributed by atoms with Crippen LogP contribution in [-0.4, -0.2) is 39.6 Å². The van der Waals surface area contributed by atoms with Gasteiger partial charge in [-0.25, -0.2) is 4.68 Å². The topological polar surface area (TPSA) is 67.2 Å². The van der Waals surface area contributed by atoms with Crippen LogP contribution in [0.4, 0.5) is 5.82 Å². The number of benzene rings is 4. The molecule has 2 amide bonds. The summed E-state index contributed by atoms with van der Waals surface area (Å²) in [4.78, 5) is 28.5. The molecule has 5 rings (SSSR count). The van der Waals surface area contributed by atoms with Gasteiger partial charge in [-0.3, -0.25) is 9.59 Å². The van der Waals surface area contributed by atoms with Gasteiger partial charge in [0.25, 0.3) is 5.91 Å². The molecule has 1 heterocycles. The number of anilines is 1. The summed E-state index contributed by atoms with van der Waals surface area (Å²) in [5.74, 6) is -0.0285. The van der Waals surface area contributed by atoms with Crippen LogP contribution in [-0.2, 0) is 4.79 Å². The van der Waals surface area contributed by atoms with Crippen molar-refractivity contribution >= 4 is 40.0 Å². The van der Waals surface area contributed by atoms with Crippen molar-refractivity contribution in [1.82, 2.24) is 14.7 Å². The van der Waals surface area contributed by atoms with Crippen LogP contribution >= 0.6 is 11.6 Å². The average Bonchev–Trinajstić information content (AvgIpc) is 3.36. The van der Waals surface area contributed by atoms with E-state index in [1.807, 2.05) is 104 Å². The predicted octanol–water partition coefficient (Wildman–Crippen LogP) is 6.84. The van der Waals surface area contributed by atoms with Crippen LogP contribution in [0.2, 0.25) is 5.02 Å². The van der Waals surface area contributed by atoms with Crippen LogP contribution in [0.5, 0.6) is 0 Å². The van der Waals surface area contributed by atoms with Gasteiger partial charge in [-0.15, -0.1) is 0 Å². The van der Waals surface area contributed by atoms with E-state index in [4.69, 9.17) is 16.7 Å². The van der Waals surface area contributed by atoms with E-state index >= 15 is 0 Å². The number of fused-ring (bicyclic) bond motifs is 1. The third-order valence-corrected chi connectivity index (χ3v) is 6.58. The maximum absolute atomic E-state index is 13.6. The molecule has 38 heavy (non-hydrogen) atoms. The van der Waals surface area contributed by atoms with Gasteiger partial charge >= 0.3 is 0 Å². The SMILES string of the molecule is CCCN(CC(=O)Nc1cc(-c2ccccc2)nn1-c1ccccc1Cl)C(=O)c1cccc2ccccc12. The highest BCUT2D eigenvalue weighted by molar-refractivity contribution is 6.32. The number of carbonyl (C=O) groups is 2. The van der Waals surface area contributed by atoms with Crippen LogP contribution in [0.15, 0.2) is 103 Å². The lowest BCUT2D eigenvalue weighted by atomic mass is 10.0. The third kappa shape index (κ3) is 5.31. The van der Waals surface area contributed by atoms with Crippen LogP contribution in [0.1, 0.15) is 23.7 Å². The molecule has 0 atom stereocenters. The smallest absolute Gasteiger partial charge is 0.254 e. The Hall–Kier alpha value is -4.42. The lowest BCUT2D eigenvalue weighted by Gasteiger charge is -2.22. The Labute approximate surface area is 226 Å². The molecule has 0 saturated heterocycles. The van der Waals surface area contributed by atoms with Gasteiger partial charge in [0.1, 0.15) is 12.4 Å². The van der Waals surface area contributed by atoms with Crippen LogP contribution < -0.4 is 5.32 Å². The summed E-state index contributed by atoms with van der Waals surface area (Å²) in [6, 6.07) is 32.3. The highest BCUT2D eigenvalue weighted by atomic mass is 35.5. The van der Waals surface area contributed by atoms with E-state index < -0.39 is 0 Å². The fraction of sp³-hybridized carbons (Fsp3) is 0.129. The number of aromatic nitrogens is 2. The summed E-state index contributed by atoms with van der Waals surface area (Å²) in [6.45, 7) is 2.35. The summed E-state index contributed by atoms with van der Waals surface area (Å²) in [7, 11) is 0. The number of rotatable bonds is 8. The summed E-state index contributed by atoms with van der Waals surface area (Å²) in [5.41, 5.74) is 2.83. The zero-order valence-corrected chi connectivity index (χ0v) is 21.7. The van der Waals surface area contributed by atoms with Gasteiger partial charge in [-0.2, -0.15) is 5.10 Å². The molecule has 1 aromatic heterocycles. The zero-order chi connectivity index (χ0) is 26.5. The fourth-order valence-corrected chi connectivity index (χ4v) is 4.70. The van der Waals surface area contributed by atoms with Crippen molar-refractivity contribution in [2.75, 3.05) is 18.4 Å². The first kappa shape index (κ1) is 25.2. The summed E-state index contributed by atoms with van der Waals surface area (Å²) in [6.07, 6.45) is 0.722. The molecule has 0 saturated carbocycles. The molecule has 4 aromatic carbocycles. The molecule has 6 nitrogen and oxygen atoms in total. The molecular weight excluding hydrogens is 496 g/mol. The molecular formula is C31H27ClN4O2. The monoisotopic (exact) mass is 522 g/mol. The van der Waals surface area contributed by atoms with Crippen molar-refractivity contribution in [3.63, 3.8) is 0 Å². The van der Waals surface area contributed by atoms with Gasteiger partial charge in [0, 0.05) is 23.7 Å². The first-order valence-electron chi connectivity index (χ1n) is 12.5. The van der Waals surface area contributed by atoms with Gasteiger partial charge in [0.15, 0.2) is 0 Å². The zero-order valence-electron chi connectivity index (χ0n) is 21.0. The van der Waals surface area contributed by atoms with E-state index in [1.54, 1.807) is 15.6 Å². The molecule has 5 aromatic rings. The number of nitrogens with one attached hydrogen (secondary N) is 1. The highest BCUT2D eigenvalue weighted by Crippen LogP contribution is 2.28. The average molecular weight is 523 g/mol. The molecule has 7 heteroatoms. The van der Waals surface area contributed by atoms with E-state index in [0.29, 0.717) is 34.3 Å². The Balaban J connectivity index is 1.44. The molecule has 0 fully saturated rings. The van der Waals surface area contributed by atoms with Gasteiger partial charge < -0.3 is 10.2 Å². The minimum absolute atomic E-state index is 0.0930. The molecule has 0 radical (unpaired) electrons. The number of carbonyl (C=O) groups excluding carboxylic acids is 2. The van der Waals surface area contributed by atoms with Gasteiger partial charge in [0.2, 0.25) is 5.91 Å². The van der Waals surface area contributed by atoms with Crippen molar-refractivity contribution in [3.8, 4) is 16.9 Å².